The number of halogens is 9. The van der Waals surface area contributed by atoms with Gasteiger partial charge in [0.1, 0.15) is 23.3 Å². The lowest BCUT2D eigenvalue weighted by Gasteiger charge is -2.38. The first-order chi connectivity index (χ1) is 22.0. The number of nitrogen functional groups attached to an aromatic ring is 1. The minimum atomic E-state index is -6.12. The van der Waals surface area contributed by atoms with Crippen molar-refractivity contribution in [3.05, 3.63) is 107 Å². The van der Waals surface area contributed by atoms with Crippen LogP contribution < -0.4 is 5.73 Å². The van der Waals surface area contributed by atoms with Crippen molar-refractivity contribution in [2.75, 3.05) is 18.8 Å². The molecule has 0 spiro atoms. The van der Waals surface area contributed by atoms with E-state index in [4.69, 9.17) is 5.73 Å². The molecule has 2 heterocycles. The number of carbonyl (C=O) groups excluding carboxylic acids is 1. The van der Waals surface area contributed by atoms with E-state index in [1.54, 1.807) is 0 Å². The highest BCUT2D eigenvalue weighted by atomic mass is 32.2. The number of rotatable bonds is 9. The molecular weight excluding hydrogens is 665 g/mol. The molecule has 7 nitrogen and oxygen atoms in total. The lowest BCUT2D eigenvalue weighted by atomic mass is 9.88. The summed E-state index contributed by atoms with van der Waals surface area (Å²) in [6, 6.07) is 10.8. The number of ether oxygens (including phenoxy) is 1. The molecule has 0 bridgehead atoms. The van der Waals surface area contributed by atoms with Crippen LogP contribution in [0.5, 0.6) is 0 Å². The van der Waals surface area contributed by atoms with Gasteiger partial charge in [0.15, 0.2) is 0 Å². The normalized spacial score (nSPS) is 17.3. The Labute approximate surface area is 265 Å². The van der Waals surface area contributed by atoms with Gasteiger partial charge in [-0.15, -0.1) is 16.9 Å². The second kappa shape index (κ2) is 12.7. The fourth-order valence-electron chi connectivity index (χ4n) is 5.34. The second-order valence-electron chi connectivity index (χ2n) is 10.7. The molecule has 0 aliphatic carbocycles. The number of alkyl halides is 6. The van der Waals surface area contributed by atoms with E-state index in [1.807, 2.05) is 0 Å². The topological polar surface area (TPSA) is 97.1 Å². The van der Waals surface area contributed by atoms with E-state index in [0.717, 1.165) is 30.0 Å². The number of carbonyl (C=O) groups is 1. The summed E-state index contributed by atoms with van der Waals surface area (Å²) in [5.41, 5.74) is -1.70. The number of likely N-dealkylation sites (tertiary alicyclic amines) is 1. The van der Waals surface area contributed by atoms with Crippen molar-refractivity contribution < 1.29 is 49.0 Å². The minimum absolute atomic E-state index is 0.0242. The summed E-state index contributed by atoms with van der Waals surface area (Å²) in [4.78, 5) is 19.0. The predicted molar refractivity (Wildman–Crippen MR) is 151 cm³/mol. The molecule has 1 aliphatic rings. The van der Waals surface area contributed by atoms with Gasteiger partial charge in [-0.1, -0.05) is 30.3 Å². The Morgan fingerprint density at radius 2 is 1.55 bits per heavy atom. The Bertz CT molecular complexity index is 1700. The number of H-pyrrole nitrogens is 1. The molecule has 1 amide bonds. The quantitative estimate of drug-likeness (QED) is 0.188. The zero-order valence-corrected chi connectivity index (χ0v) is 24.7. The van der Waals surface area contributed by atoms with Crippen LogP contribution in [0.2, 0.25) is 0 Å². The molecule has 250 valence electrons. The van der Waals surface area contributed by atoms with E-state index in [0.29, 0.717) is 29.2 Å². The van der Waals surface area contributed by atoms with E-state index in [1.165, 1.54) is 29.2 Å². The van der Waals surface area contributed by atoms with Gasteiger partial charge in [0.25, 0.3) is 5.60 Å². The highest BCUT2D eigenvalue weighted by Gasteiger charge is 2.73. The second-order valence-corrected chi connectivity index (χ2v) is 12.1. The number of aromatic nitrogens is 3. The molecule has 0 unspecified atom stereocenters. The number of thioether (sulfide) groups is 1. The van der Waals surface area contributed by atoms with E-state index in [-0.39, 0.29) is 43.3 Å². The zero-order valence-electron chi connectivity index (χ0n) is 23.9. The number of benzene rings is 3. The van der Waals surface area contributed by atoms with E-state index >= 15 is 0 Å². The van der Waals surface area contributed by atoms with E-state index in [2.05, 4.69) is 19.9 Å². The molecule has 0 saturated carbocycles. The molecule has 5 rings (SSSR count). The van der Waals surface area contributed by atoms with Gasteiger partial charge in [0.2, 0.25) is 11.9 Å². The minimum Gasteiger partial charge on any atom is -0.367 e. The molecule has 4 aromatic rings. The number of nitrogens with two attached hydrogens (primary N) is 1. The van der Waals surface area contributed by atoms with Crippen LogP contribution in [0.25, 0.3) is 0 Å². The summed E-state index contributed by atoms with van der Waals surface area (Å²) in [5, 5.41) is 6.18. The van der Waals surface area contributed by atoms with Gasteiger partial charge in [0, 0.05) is 29.1 Å². The fourth-order valence-corrected chi connectivity index (χ4v) is 6.73. The Hall–Kier alpha value is -4.25. The van der Waals surface area contributed by atoms with Crippen LogP contribution in [-0.4, -0.2) is 51.4 Å². The average Bonchev–Trinajstić information content (AvgIpc) is 3.61. The number of aromatic amines is 1. The van der Waals surface area contributed by atoms with Crippen LogP contribution in [-0.2, 0) is 32.9 Å². The summed E-state index contributed by atoms with van der Waals surface area (Å²) < 4.78 is 132. The predicted octanol–water partition coefficient (Wildman–Crippen LogP) is 6.80. The SMILES string of the molecule is Nc1n[nH]c(CC(=O)N2CC[C@@](Sc3ccc(F)cc3)(c3ccc(C(OCc4c(F)cccc4F)(C(F)(F)F)C(F)(F)F)cc3)C2)n1. The molecule has 3 N–H and O–H groups in total. The molecule has 3 aromatic carbocycles. The molecule has 1 aromatic heterocycles. The largest absolute Gasteiger partial charge is 0.430 e. The molecular formula is C30H24F9N5O2S. The Morgan fingerprint density at radius 3 is 2.11 bits per heavy atom. The first kappa shape index (κ1) is 34.1. The molecule has 1 fully saturated rings. The maximum atomic E-state index is 14.4. The third-order valence-electron chi connectivity index (χ3n) is 7.69. The summed E-state index contributed by atoms with van der Waals surface area (Å²) in [6.45, 7) is -1.55. The smallest absolute Gasteiger partial charge is 0.367 e. The summed E-state index contributed by atoms with van der Waals surface area (Å²) in [7, 11) is 0. The van der Waals surface area contributed by atoms with Crippen LogP contribution in [0.3, 0.4) is 0 Å². The molecule has 1 aliphatic heterocycles. The number of nitrogens with zero attached hydrogens (tertiary/aromatic N) is 3. The molecule has 47 heavy (non-hydrogen) atoms. The summed E-state index contributed by atoms with van der Waals surface area (Å²) in [6.07, 6.45) is -12.2. The lowest BCUT2D eigenvalue weighted by Crippen LogP contribution is -2.56. The van der Waals surface area contributed by atoms with E-state index in [9.17, 15) is 44.3 Å². The first-order valence-corrected chi connectivity index (χ1v) is 14.6. The standard InChI is InChI=1S/C30H24F9N5O2S/c31-19-8-10-20(11-9-19)47-27(12-13-44(16-27)25(45)14-24-41-26(40)43-42-24)17-4-6-18(7-5-17)28(29(34,35)36,30(37,38)39)46-15-21-22(32)2-1-3-23(21)33/h1-11H,12-16H2,(H3,40,41,42,43)/t27-/m0/s1. The number of hydrogen-bond acceptors (Lipinski definition) is 6. The van der Waals surface area contributed by atoms with Gasteiger partial charge in [0.05, 0.1) is 17.8 Å². The maximum absolute atomic E-state index is 14.4. The van der Waals surface area contributed by atoms with Crippen LogP contribution in [0, 0.1) is 17.5 Å². The monoisotopic (exact) mass is 689 g/mol. The Morgan fingerprint density at radius 1 is 0.936 bits per heavy atom. The van der Waals surface area contributed by atoms with Gasteiger partial charge in [-0.05, 0) is 48.4 Å². The number of nitrogens with one attached hydrogen (secondary N) is 1. The van der Waals surface area contributed by atoms with Crippen LogP contribution in [0.4, 0.5) is 45.5 Å². The van der Waals surface area contributed by atoms with Crippen molar-refractivity contribution in [3.63, 3.8) is 0 Å². The van der Waals surface area contributed by atoms with Crippen LogP contribution in [0.1, 0.15) is 28.9 Å². The van der Waals surface area contributed by atoms with Gasteiger partial charge < -0.3 is 15.4 Å². The lowest BCUT2D eigenvalue weighted by molar-refractivity contribution is -0.392. The first-order valence-electron chi connectivity index (χ1n) is 13.7. The van der Waals surface area contributed by atoms with Crippen molar-refractivity contribution in [1.29, 1.82) is 0 Å². The van der Waals surface area contributed by atoms with Crippen molar-refractivity contribution in [3.8, 4) is 0 Å². The van der Waals surface area contributed by atoms with Crippen LogP contribution in [0.15, 0.2) is 71.6 Å². The van der Waals surface area contributed by atoms with Gasteiger partial charge >= 0.3 is 12.4 Å². The Balaban J connectivity index is 1.51. The average molecular weight is 690 g/mol. The van der Waals surface area contributed by atoms with Gasteiger partial charge in [-0.3, -0.25) is 9.89 Å². The van der Waals surface area contributed by atoms with Crippen LogP contribution >= 0.6 is 11.8 Å². The third kappa shape index (κ3) is 6.76. The van der Waals surface area contributed by atoms with Crippen molar-refractivity contribution in [2.24, 2.45) is 0 Å². The highest BCUT2D eigenvalue weighted by molar-refractivity contribution is 8.00. The fraction of sp³-hybridized carbons (Fsp3) is 0.300. The highest BCUT2D eigenvalue weighted by Crippen LogP contribution is 2.54. The van der Waals surface area contributed by atoms with Gasteiger partial charge in [-0.25, -0.2) is 13.2 Å². The van der Waals surface area contributed by atoms with E-state index < -0.39 is 63.8 Å². The number of hydrogen-bond donors (Lipinski definition) is 2. The summed E-state index contributed by atoms with van der Waals surface area (Å²) in [5.74, 6) is -3.59. The summed E-state index contributed by atoms with van der Waals surface area (Å²) >= 11 is 1.15. The Kier molecular flexibility index (Phi) is 9.25. The molecule has 0 radical (unpaired) electrons. The van der Waals surface area contributed by atoms with Crippen molar-refractivity contribution in [1.82, 2.24) is 20.1 Å². The van der Waals surface area contributed by atoms with Crippen molar-refractivity contribution in [2.45, 2.75) is 47.0 Å². The molecule has 1 atom stereocenters. The van der Waals surface area contributed by atoms with Crippen molar-refractivity contribution >= 4 is 23.6 Å². The maximum Gasteiger partial charge on any atom is 0.430 e. The zero-order chi connectivity index (χ0) is 34.2. The number of amides is 1. The third-order valence-corrected chi connectivity index (χ3v) is 9.16. The molecule has 17 heteroatoms. The van der Waals surface area contributed by atoms with Gasteiger partial charge in [-0.2, -0.15) is 31.3 Å². The number of anilines is 1. The molecule has 1 saturated heterocycles.